The summed E-state index contributed by atoms with van der Waals surface area (Å²) in [6.45, 7) is 2.18. The predicted octanol–water partition coefficient (Wildman–Crippen LogP) is 3.24. The van der Waals surface area contributed by atoms with Gasteiger partial charge in [-0.15, -0.1) is 0 Å². The molecular weight excluding hydrogens is 358 g/mol. The first-order valence-electron chi connectivity index (χ1n) is 9.03. The van der Waals surface area contributed by atoms with Crippen molar-refractivity contribution in [1.29, 1.82) is 0 Å². The van der Waals surface area contributed by atoms with Gasteiger partial charge in [-0.1, -0.05) is 18.2 Å². The number of rotatable bonds is 6. The molecule has 146 valence electrons. The third-order valence-corrected chi connectivity index (χ3v) is 4.63. The first-order valence-corrected chi connectivity index (χ1v) is 9.03. The Morgan fingerprint density at radius 1 is 1.11 bits per heavy atom. The van der Waals surface area contributed by atoms with Crippen molar-refractivity contribution >= 4 is 23.6 Å². The summed E-state index contributed by atoms with van der Waals surface area (Å²) in [5.74, 6) is 0.405. The van der Waals surface area contributed by atoms with Crippen LogP contribution in [0.25, 0.3) is 6.08 Å². The summed E-state index contributed by atoms with van der Waals surface area (Å²) < 4.78 is 15.7. The molecule has 6 nitrogen and oxygen atoms in total. The average Bonchev–Trinajstić information content (AvgIpc) is 3.15. The number of hydrogen-bond acceptors (Lipinski definition) is 5. The van der Waals surface area contributed by atoms with E-state index in [9.17, 15) is 9.59 Å². The van der Waals surface area contributed by atoms with Gasteiger partial charge >= 0.3 is 5.97 Å². The fraction of sp³-hybridized carbons (Fsp3) is 0.273. The Kier molecular flexibility index (Phi) is 5.99. The third kappa shape index (κ3) is 4.17. The molecule has 1 aliphatic rings. The van der Waals surface area contributed by atoms with Crippen molar-refractivity contribution in [2.45, 2.75) is 19.4 Å². The highest BCUT2D eigenvalue weighted by Gasteiger charge is 2.29. The monoisotopic (exact) mass is 381 g/mol. The van der Waals surface area contributed by atoms with Crippen LogP contribution < -0.4 is 14.4 Å². The van der Waals surface area contributed by atoms with Gasteiger partial charge in [-0.05, 0) is 43.2 Å². The smallest absolute Gasteiger partial charge is 0.331 e. The van der Waals surface area contributed by atoms with E-state index in [1.165, 1.54) is 6.08 Å². The zero-order valence-electron chi connectivity index (χ0n) is 16.2. The molecule has 1 amide bonds. The van der Waals surface area contributed by atoms with Crippen molar-refractivity contribution in [2.24, 2.45) is 0 Å². The second-order valence-electron chi connectivity index (χ2n) is 6.39. The Bertz CT molecular complexity index is 906. The van der Waals surface area contributed by atoms with E-state index in [0.29, 0.717) is 23.6 Å². The Morgan fingerprint density at radius 3 is 2.64 bits per heavy atom. The number of benzene rings is 2. The molecule has 3 rings (SSSR count). The number of carbonyl (C=O) groups is 2. The molecule has 2 aromatic carbocycles. The van der Waals surface area contributed by atoms with Gasteiger partial charge in [0.15, 0.2) is 6.10 Å². The highest BCUT2D eigenvalue weighted by Crippen LogP contribution is 2.28. The van der Waals surface area contributed by atoms with E-state index in [0.717, 1.165) is 17.7 Å². The van der Waals surface area contributed by atoms with Gasteiger partial charge in [0.1, 0.15) is 11.5 Å². The number of ether oxygens (including phenoxy) is 3. The SMILES string of the molecule is COc1ccc(/C=C/C(=O)O[C@H](C)C(=O)N2CCc3ccccc32)c(OC)c1. The van der Waals surface area contributed by atoms with Crippen molar-refractivity contribution in [3.8, 4) is 11.5 Å². The number of para-hydroxylation sites is 1. The van der Waals surface area contributed by atoms with Crippen molar-refractivity contribution in [3.63, 3.8) is 0 Å². The van der Waals surface area contributed by atoms with Gasteiger partial charge in [-0.2, -0.15) is 0 Å². The molecule has 0 aliphatic carbocycles. The Morgan fingerprint density at radius 2 is 1.89 bits per heavy atom. The number of nitrogens with zero attached hydrogens (tertiary/aromatic N) is 1. The molecule has 28 heavy (non-hydrogen) atoms. The molecule has 0 bridgehead atoms. The first kappa shape index (κ1) is 19.5. The van der Waals surface area contributed by atoms with Gasteiger partial charge in [0, 0.05) is 29.9 Å². The minimum absolute atomic E-state index is 0.228. The average molecular weight is 381 g/mol. The Hall–Kier alpha value is -3.28. The largest absolute Gasteiger partial charge is 0.497 e. The summed E-state index contributed by atoms with van der Waals surface area (Å²) >= 11 is 0. The van der Waals surface area contributed by atoms with Gasteiger partial charge < -0.3 is 19.1 Å². The number of carbonyl (C=O) groups excluding carboxylic acids is 2. The number of esters is 1. The van der Waals surface area contributed by atoms with E-state index in [2.05, 4.69) is 0 Å². The standard InChI is InChI=1S/C22H23NO5/c1-15(22(25)23-13-12-16-6-4-5-7-19(16)23)28-21(24)11-9-17-8-10-18(26-2)14-20(17)27-3/h4-11,14-15H,12-13H2,1-3H3/b11-9+/t15-/m1/s1. The molecule has 6 heteroatoms. The molecule has 2 aromatic rings. The van der Waals surface area contributed by atoms with Crippen LogP contribution in [0.3, 0.4) is 0 Å². The quantitative estimate of drug-likeness (QED) is 0.568. The van der Waals surface area contributed by atoms with Crippen LogP contribution in [0.15, 0.2) is 48.5 Å². The van der Waals surface area contributed by atoms with E-state index >= 15 is 0 Å². The topological polar surface area (TPSA) is 65.1 Å². The van der Waals surface area contributed by atoms with Gasteiger partial charge in [0.25, 0.3) is 5.91 Å². The minimum atomic E-state index is -0.874. The Labute approximate surface area is 164 Å². The number of methoxy groups -OCH3 is 2. The van der Waals surface area contributed by atoms with Gasteiger partial charge in [0.05, 0.1) is 14.2 Å². The predicted molar refractivity (Wildman–Crippen MR) is 107 cm³/mol. The zero-order valence-corrected chi connectivity index (χ0v) is 16.2. The van der Waals surface area contributed by atoms with Crippen LogP contribution in [0, 0.1) is 0 Å². The number of amides is 1. The van der Waals surface area contributed by atoms with Gasteiger partial charge in [0.2, 0.25) is 0 Å². The van der Waals surface area contributed by atoms with Gasteiger partial charge in [-0.25, -0.2) is 4.79 Å². The lowest BCUT2D eigenvalue weighted by atomic mass is 10.1. The fourth-order valence-electron chi connectivity index (χ4n) is 3.16. The van der Waals surface area contributed by atoms with E-state index in [1.54, 1.807) is 50.3 Å². The summed E-state index contributed by atoms with van der Waals surface area (Å²) in [4.78, 5) is 26.5. The van der Waals surface area contributed by atoms with Crippen molar-refractivity contribution in [3.05, 3.63) is 59.7 Å². The number of anilines is 1. The number of fused-ring (bicyclic) bond motifs is 1. The molecule has 1 heterocycles. The van der Waals surface area contributed by atoms with Crippen LogP contribution in [-0.4, -0.2) is 38.7 Å². The third-order valence-electron chi connectivity index (χ3n) is 4.63. The molecule has 1 aliphatic heterocycles. The molecule has 0 unspecified atom stereocenters. The van der Waals surface area contributed by atoms with E-state index in [4.69, 9.17) is 14.2 Å². The van der Waals surface area contributed by atoms with Crippen molar-refractivity contribution in [1.82, 2.24) is 0 Å². The van der Waals surface area contributed by atoms with Gasteiger partial charge in [-0.3, -0.25) is 4.79 Å². The lowest BCUT2D eigenvalue weighted by Gasteiger charge is -2.21. The van der Waals surface area contributed by atoms with Crippen LogP contribution in [-0.2, 0) is 20.7 Å². The van der Waals surface area contributed by atoms with Crippen LogP contribution in [0.2, 0.25) is 0 Å². The van der Waals surface area contributed by atoms with Crippen LogP contribution in [0.5, 0.6) is 11.5 Å². The summed E-state index contributed by atoms with van der Waals surface area (Å²) in [5, 5.41) is 0. The molecular formula is C22H23NO5. The van der Waals surface area contributed by atoms with Crippen LogP contribution in [0.4, 0.5) is 5.69 Å². The lowest BCUT2D eigenvalue weighted by molar-refractivity contribution is -0.149. The molecule has 0 radical (unpaired) electrons. The second kappa shape index (κ2) is 8.61. The highest BCUT2D eigenvalue weighted by atomic mass is 16.5. The number of hydrogen-bond donors (Lipinski definition) is 0. The summed E-state index contributed by atoms with van der Waals surface area (Å²) in [5.41, 5.74) is 2.71. The van der Waals surface area contributed by atoms with Crippen molar-refractivity contribution in [2.75, 3.05) is 25.7 Å². The van der Waals surface area contributed by atoms with Crippen LogP contribution >= 0.6 is 0 Å². The van der Waals surface area contributed by atoms with Crippen LogP contribution in [0.1, 0.15) is 18.1 Å². The van der Waals surface area contributed by atoms with E-state index < -0.39 is 12.1 Å². The maximum Gasteiger partial charge on any atom is 0.331 e. The van der Waals surface area contributed by atoms with Crippen molar-refractivity contribution < 1.29 is 23.8 Å². The summed E-state index contributed by atoms with van der Waals surface area (Å²) in [6, 6.07) is 13.0. The molecule has 0 saturated heterocycles. The maximum absolute atomic E-state index is 12.7. The van der Waals surface area contributed by atoms with E-state index in [-0.39, 0.29) is 5.91 Å². The highest BCUT2D eigenvalue weighted by molar-refractivity contribution is 6.00. The molecule has 0 N–H and O–H groups in total. The maximum atomic E-state index is 12.7. The normalized spacial score (nSPS) is 13.9. The fourth-order valence-corrected chi connectivity index (χ4v) is 3.16. The Balaban J connectivity index is 1.63. The molecule has 0 aromatic heterocycles. The summed E-state index contributed by atoms with van der Waals surface area (Å²) in [7, 11) is 3.11. The van der Waals surface area contributed by atoms with E-state index in [1.807, 2.05) is 24.3 Å². The summed E-state index contributed by atoms with van der Waals surface area (Å²) in [6.07, 6.45) is 2.80. The molecule has 0 saturated carbocycles. The first-order chi connectivity index (χ1) is 13.5. The zero-order chi connectivity index (χ0) is 20.1. The molecule has 1 atom stereocenters. The molecule has 0 spiro atoms. The lowest BCUT2D eigenvalue weighted by Crippen LogP contribution is -2.38. The second-order valence-corrected chi connectivity index (χ2v) is 6.39. The molecule has 0 fully saturated rings. The minimum Gasteiger partial charge on any atom is -0.497 e.